The Hall–Kier alpha value is -2.64. The molecule has 2 atom stereocenters. The largest absolute Gasteiger partial charge is 0.507 e. The van der Waals surface area contributed by atoms with Crippen LogP contribution in [0.1, 0.15) is 60.2 Å². The van der Waals surface area contributed by atoms with E-state index in [2.05, 4.69) is 0 Å². The maximum Gasteiger partial charge on any atom is 0.295 e. The first kappa shape index (κ1) is 22.6. The predicted molar refractivity (Wildman–Crippen MR) is 124 cm³/mol. The number of likely N-dealkylation sites (tertiary alicyclic amines) is 1. The summed E-state index contributed by atoms with van der Waals surface area (Å²) in [6.45, 7) is 6.96. The van der Waals surface area contributed by atoms with Crippen LogP contribution in [0.25, 0.3) is 5.76 Å². The van der Waals surface area contributed by atoms with Crippen molar-refractivity contribution < 1.29 is 24.2 Å². The molecule has 32 heavy (non-hydrogen) atoms. The molecule has 0 aliphatic carbocycles. The standard InChI is InChI=1S/C25H29NO5S/c1-14(2)17-12-18(15(3)11-19(17)30-4)23(27)21-22(20-8-6-10-32-20)26(25(29)24(21)28)13-16-7-5-9-31-16/h6,8,10-12,14,16,22,27H,5,7,9,13H2,1-4H3/b23-21+. The number of methoxy groups -OCH3 is 1. The number of Topliss-reactive ketones (excluding diaryl/α,β-unsaturated/α-hetero) is 1. The van der Waals surface area contributed by atoms with E-state index < -0.39 is 17.7 Å². The zero-order valence-electron chi connectivity index (χ0n) is 18.9. The second kappa shape index (κ2) is 9.08. The van der Waals surface area contributed by atoms with Crippen LogP contribution < -0.4 is 4.74 Å². The van der Waals surface area contributed by atoms with E-state index in [0.29, 0.717) is 18.7 Å². The number of carbonyl (C=O) groups excluding carboxylic acids is 2. The molecular formula is C25H29NO5S. The Bertz CT molecular complexity index is 1050. The van der Waals surface area contributed by atoms with Gasteiger partial charge in [-0.15, -0.1) is 11.3 Å². The number of aliphatic hydroxyl groups is 1. The van der Waals surface area contributed by atoms with Crippen molar-refractivity contribution in [3.63, 3.8) is 0 Å². The molecule has 3 heterocycles. The quantitative estimate of drug-likeness (QED) is 0.385. The van der Waals surface area contributed by atoms with Crippen LogP contribution in [0.5, 0.6) is 5.75 Å². The molecule has 7 heteroatoms. The molecule has 2 fully saturated rings. The number of thiophene rings is 1. The average Bonchev–Trinajstić information content (AvgIpc) is 3.52. The van der Waals surface area contributed by atoms with Gasteiger partial charge in [-0.2, -0.15) is 0 Å². The van der Waals surface area contributed by atoms with Crippen molar-refractivity contribution in [1.29, 1.82) is 0 Å². The molecule has 2 aromatic rings. The molecule has 2 unspecified atom stereocenters. The van der Waals surface area contributed by atoms with Crippen molar-refractivity contribution in [1.82, 2.24) is 4.90 Å². The van der Waals surface area contributed by atoms with E-state index in [-0.39, 0.29) is 23.4 Å². The van der Waals surface area contributed by atoms with Gasteiger partial charge in [0.05, 0.1) is 24.8 Å². The highest BCUT2D eigenvalue weighted by atomic mass is 32.1. The minimum absolute atomic E-state index is 0.0917. The summed E-state index contributed by atoms with van der Waals surface area (Å²) in [6.07, 6.45) is 1.71. The molecule has 2 saturated heterocycles. The van der Waals surface area contributed by atoms with Gasteiger partial charge < -0.3 is 19.5 Å². The summed E-state index contributed by atoms with van der Waals surface area (Å²) in [5, 5.41) is 13.3. The average molecular weight is 456 g/mol. The van der Waals surface area contributed by atoms with Crippen LogP contribution in [-0.4, -0.2) is 48.1 Å². The second-order valence-corrected chi connectivity index (χ2v) is 9.64. The summed E-state index contributed by atoms with van der Waals surface area (Å²) in [4.78, 5) is 28.7. The molecule has 2 aliphatic heterocycles. The molecular weight excluding hydrogens is 426 g/mol. The molecule has 1 aromatic heterocycles. The molecule has 6 nitrogen and oxygen atoms in total. The Morgan fingerprint density at radius 1 is 1.34 bits per heavy atom. The molecule has 1 aromatic carbocycles. The number of ether oxygens (including phenoxy) is 2. The highest BCUT2D eigenvalue weighted by molar-refractivity contribution is 7.10. The highest BCUT2D eigenvalue weighted by Crippen LogP contribution is 2.43. The summed E-state index contributed by atoms with van der Waals surface area (Å²) in [5.41, 5.74) is 2.39. The van der Waals surface area contributed by atoms with Crippen LogP contribution in [-0.2, 0) is 14.3 Å². The molecule has 0 bridgehead atoms. The Balaban J connectivity index is 1.85. The van der Waals surface area contributed by atoms with E-state index in [1.165, 1.54) is 11.3 Å². The number of rotatable bonds is 6. The molecule has 2 aliphatic rings. The van der Waals surface area contributed by atoms with Crippen molar-refractivity contribution >= 4 is 28.8 Å². The third kappa shape index (κ3) is 3.95. The number of aliphatic hydroxyl groups excluding tert-OH is 1. The maximum absolute atomic E-state index is 13.2. The number of aryl methyl sites for hydroxylation is 1. The first-order chi connectivity index (χ1) is 15.3. The van der Waals surface area contributed by atoms with E-state index in [1.54, 1.807) is 12.0 Å². The summed E-state index contributed by atoms with van der Waals surface area (Å²) in [5.74, 6) is -0.482. The lowest BCUT2D eigenvalue weighted by molar-refractivity contribution is -0.140. The van der Waals surface area contributed by atoms with Crippen LogP contribution in [0.15, 0.2) is 35.2 Å². The highest BCUT2D eigenvalue weighted by Gasteiger charge is 2.47. The van der Waals surface area contributed by atoms with Crippen molar-refractivity contribution in [2.24, 2.45) is 0 Å². The predicted octanol–water partition coefficient (Wildman–Crippen LogP) is 4.79. The molecule has 0 radical (unpaired) electrons. The van der Waals surface area contributed by atoms with Gasteiger partial charge in [-0.25, -0.2) is 0 Å². The number of carbonyl (C=O) groups is 2. The Morgan fingerprint density at radius 3 is 2.72 bits per heavy atom. The number of amides is 1. The van der Waals surface area contributed by atoms with Gasteiger partial charge in [0, 0.05) is 23.6 Å². The van der Waals surface area contributed by atoms with Gasteiger partial charge in [-0.1, -0.05) is 19.9 Å². The van der Waals surface area contributed by atoms with Gasteiger partial charge in [-0.3, -0.25) is 9.59 Å². The van der Waals surface area contributed by atoms with Gasteiger partial charge in [-0.05, 0) is 60.4 Å². The van der Waals surface area contributed by atoms with E-state index >= 15 is 0 Å². The number of hydrogen-bond donors (Lipinski definition) is 1. The summed E-state index contributed by atoms with van der Waals surface area (Å²) < 4.78 is 11.3. The lowest BCUT2D eigenvalue weighted by atomic mass is 9.92. The van der Waals surface area contributed by atoms with Crippen LogP contribution in [0, 0.1) is 6.92 Å². The van der Waals surface area contributed by atoms with Crippen LogP contribution >= 0.6 is 11.3 Å². The SMILES string of the molecule is COc1cc(C)c(/C(O)=C2\C(=O)C(=O)N(CC3CCCO3)C2c2cccs2)cc1C(C)C. The van der Waals surface area contributed by atoms with E-state index in [0.717, 1.165) is 34.6 Å². The smallest absolute Gasteiger partial charge is 0.295 e. The van der Waals surface area contributed by atoms with Crippen LogP contribution in [0.2, 0.25) is 0 Å². The Morgan fingerprint density at radius 2 is 2.12 bits per heavy atom. The van der Waals surface area contributed by atoms with Crippen molar-refractivity contribution in [3.8, 4) is 5.75 Å². The summed E-state index contributed by atoms with van der Waals surface area (Å²) >= 11 is 1.47. The van der Waals surface area contributed by atoms with E-state index in [4.69, 9.17) is 9.47 Å². The number of benzene rings is 1. The lowest BCUT2D eigenvalue weighted by Crippen LogP contribution is -2.36. The van der Waals surface area contributed by atoms with Gasteiger partial charge >= 0.3 is 0 Å². The minimum Gasteiger partial charge on any atom is -0.507 e. The molecule has 170 valence electrons. The molecule has 1 N–H and O–H groups in total. The molecule has 0 spiro atoms. The van der Waals surface area contributed by atoms with Crippen LogP contribution in [0.3, 0.4) is 0 Å². The third-order valence-electron chi connectivity index (χ3n) is 6.23. The Kier molecular flexibility index (Phi) is 6.40. The molecule has 0 saturated carbocycles. The fourth-order valence-corrected chi connectivity index (χ4v) is 5.39. The zero-order valence-corrected chi connectivity index (χ0v) is 19.7. The normalized spacial score (nSPS) is 22.8. The summed E-state index contributed by atoms with van der Waals surface area (Å²) in [6, 6.07) is 6.90. The number of hydrogen-bond acceptors (Lipinski definition) is 6. The molecule has 4 rings (SSSR count). The van der Waals surface area contributed by atoms with Gasteiger partial charge in [0.2, 0.25) is 0 Å². The van der Waals surface area contributed by atoms with E-state index in [9.17, 15) is 14.7 Å². The van der Waals surface area contributed by atoms with Crippen molar-refractivity contribution in [2.45, 2.75) is 51.7 Å². The topological polar surface area (TPSA) is 76.1 Å². The summed E-state index contributed by atoms with van der Waals surface area (Å²) in [7, 11) is 1.62. The first-order valence-corrected chi connectivity index (χ1v) is 11.8. The van der Waals surface area contributed by atoms with Crippen molar-refractivity contribution in [3.05, 3.63) is 56.8 Å². The van der Waals surface area contributed by atoms with Crippen LogP contribution in [0.4, 0.5) is 0 Å². The molecule has 1 amide bonds. The first-order valence-electron chi connectivity index (χ1n) is 11.0. The monoisotopic (exact) mass is 455 g/mol. The fraction of sp³-hybridized carbons (Fsp3) is 0.440. The Labute approximate surface area is 192 Å². The zero-order chi connectivity index (χ0) is 23.0. The maximum atomic E-state index is 13.2. The van der Waals surface area contributed by atoms with Gasteiger partial charge in [0.15, 0.2) is 0 Å². The van der Waals surface area contributed by atoms with E-state index in [1.807, 2.05) is 50.4 Å². The fourth-order valence-electron chi connectivity index (χ4n) is 4.55. The van der Waals surface area contributed by atoms with Gasteiger partial charge in [0.1, 0.15) is 11.5 Å². The minimum atomic E-state index is -0.653. The number of ketones is 1. The number of nitrogens with zero attached hydrogens (tertiary/aromatic N) is 1. The lowest BCUT2D eigenvalue weighted by Gasteiger charge is -2.26. The van der Waals surface area contributed by atoms with Gasteiger partial charge in [0.25, 0.3) is 11.7 Å². The third-order valence-corrected chi connectivity index (χ3v) is 7.16. The second-order valence-electron chi connectivity index (χ2n) is 8.67. The van der Waals surface area contributed by atoms with Crippen molar-refractivity contribution in [2.75, 3.05) is 20.3 Å².